The van der Waals surface area contributed by atoms with Gasteiger partial charge in [0, 0.05) is 29.7 Å². The van der Waals surface area contributed by atoms with Gasteiger partial charge in [-0.3, -0.25) is 4.98 Å². The van der Waals surface area contributed by atoms with E-state index >= 15 is 0 Å². The van der Waals surface area contributed by atoms with Crippen LogP contribution in [-0.2, 0) is 10.0 Å². The van der Waals surface area contributed by atoms with Gasteiger partial charge in [0.25, 0.3) is 0 Å². The van der Waals surface area contributed by atoms with E-state index in [1.54, 1.807) is 30.6 Å². The molecule has 5 nitrogen and oxygen atoms in total. The SMILES string of the molecule is Cc1ccc(OCCCCNS(=O)(=O)c2cccc3cnccc23)cc1. The zero-order chi connectivity index (χ0) is 18.4. The maximum Gasteiger partial charge on any atom is 0.241 e. The summed E-state index contributed by atoms with van der Waals surface area (Å²) in [5, 5.41) is 1.49. The van der Waals surface area contributed by atoms with Crippen molar-refractivity contribution in [3.8, 4) is 5.75 Å². The van der Waals surface area contributed by atoms with Gasteiger partial charge in [0.1, 0.15) is 5.75 Å². The van der Waals surface area contributed by atoms with E-state index in [9.17, 15) is 8.42 Å². The molecule has 1 heterocycles. The van der Waals surface area contributed by atoms with E-state index in [0.717, 1.165) is 17.6 Å². The second-order valence-corrected chi connectivity index (χ2v) is 7.85. The molecule has 0 amide bonds. The second-order valence-electron chi connectivity index (χ2n) is 6.12. The fourth-order valence-electron chi connectivity index (χ4n) is 2.66. The maximum atomic E-state index is 12.6. The molecule has 0 bridgehead atoms. The first-order valence-corrected chi connectivity index (χ1v) is 10.1. The minimum Gasteiger partial charge on any atom is -0.494 e. The molecule has 3 rings (SSSR count). The second kappa shape index (κ2) is 8.29. The molecule has 0 saturated carbocycles. The third-order valence-corrected chi connectivity index (χ3v) is 5.60. The Labute approximate surface area is 154 Å². The van der Waals surface area contributed by atoms with Crippen molar-refractivity contribution in [3.63, 3.8) is 0 Å². The molecule has 6 heteroatoms. The lowest BCUT2D eigenvalue weighted by Crippen LogP contribution is -2.25. The number of ether oxygens (including phenoxy) is 1. The van der Waals surface area contributed by atoms with E-state index in [-0.39, 0.29) is 4.90 Å². The molecule has 0 radical (unpaired) electrons. The molecule has 2 aromatic carbocycles. The summed E-state index contributed by atoms with van der Waals surface area (Å²) in [6, 6.07) is 14.8. The van der Waals surface area contributed by atoms with Crippen LogP contribution in [0.3, 0.4) is 0 Å². The Hall–Kier alpha value is -2.44. The summed E-state index contributed by atoms with van der Waals surface area (Å²) in [6.07, 6.45) is 4.74. The van der Waals surface area contributed by atoms with Crippen molar-refractivity contribution in [2.24, 2.45) is 0 Å². The predicted molar refractivity (Wildman–Crippen MR) is 103 cm³/mol. The van der Waals surface area contributed by atoms with E-state index < -0.39 is 10.0 Å². The van der Waals surface area contributed by atoms with Crippen molar-refractivity contribution in [2.75, 3.05) is 13.2 Å². The molecule has 0 saturated heterocycles. The van der Waals surface area contributed by atoms with Gasteiger partial charge >= 0.3 is 0 Å². The van der Waals surface area contributed by atoms with E-state index in [1.807, 2.05) is 37.3 Å². The highest BCUT2D eigenvalue weighted by Crippen LogP contribution is 2.21. The van der Waals surface area contributed by atoms with Gasteiger partial charge in [-0.15, -0.1) is 0 Å². The standard InChI is InChI=1S/C20H22N2O3S/c1-16-7-9-18(10-8-16)25-14-3-2-12-22-26(23,24)20-6-4-5-17-15-21-13-11-19(17)20/h4-11,13,15,22H,2-3,12,14H2,1H3. The molecule has 26 heavy (non-hydrogen) atoms. The third kappa shape index (κ3) is 4.59. The number of hydrogen-bond donors (Lipinski definition) is 1. The zero-order valence-corrected chi connectivity index (χ0v) is 15.5. The monoisotopic (exact) mass is 370 g/mol. The number of aromatic nitrogens is 1. The van der Waals surface area contributed by atoms with Gasteiger partial charge in [0.15, 0.2) is 0 Å². The van der Waals surface area contributed by atoms with Gasteiger partial charge in [0.05, 0.1) is 11.5 Å². The number of pyridine rings is 1. The van der Waals surface area contributed by atoms with Gasteiger partial charge in [-0.1, -0.05) is 29.8 Å². The highest BCUT2D eigenvalue weighted by atomic mass is 32.2. The van der Waals surface area contributed by atoms with Crippen LogP contribution < -0.4 is 9.46 Å². The van der Waals surface area contributed by atoms with Crippen LogP contribution >= 0.6 is 0 Å². The lowest BCUT2D eigenvalue weighted by molar-refractivity contribution is 0.307. The summed E-state index contributed by atoms with van der Waals surface area (Å²) < 4.78 is 33.5. The number of nitrogens with one attached hydrogen (secondary N) is 1. The average molecular weight is 370 g/mol. The van der Waals surface area contributed by atoms with Crippen LogP contribution in [0.25, 0.3) is 10.8 Å². The first-order valence-electron chi connectivity index (χ1n) is 8.58. The number of fused-ring (bicyclic) bond motifs is 1. The Morgan fingerprint density at radius 1 is 1.04 bits per heavy atom. The molecule has 0 atom stereocenters. The van der Waals surface area contributed by atoms with Crippen LogP contribution in [0.15, 0.2) is 65.8 Å². The molecule has 0 spiro atoms. The Kier molecular flexibility index (Phi) is 5.85. The molecule has 1 aromatic heterocycles. The molecule has 0 unspecified atom stereocenters. The van der Waals surface area contributed by atoms with E-state index in [2.05, 4.69) is 9.71 Å². The minimum atomic E-state index is -3.55. The lowest BCUT2D eigenvalue weighted by atomic mass is 10.2. The minimum absolute atomic E-state index is 0.285. The van der Waals surface area contributed by atoms with Gasteiger partial charge in [-0.2, -0.15) is 0 Å². The average Bonchev–Trinajstić information content (AvgIpc) is 2.65. The van der Waals surface area contributed by atoms with Crippen molar-refractivity contribution in [1.82, 2.24) is 9.71 Å². The summed E-state index contributed by atoms with van der Waals surface area (Å²) in [5.74, 6) is 0.834. The third-order valence-electron chi connectivity index (χ3n) is 4.08. The fourth-order valence-corrected chi connectivity index (χ4v) is 3.96. The molecule has 3 aromatic rings. The van der Waals surface area contributed by atoms with Crippen LogP contribution in [-0.4, -0.2) is 26.6 Å². The fraction of sp³-hybridized carbons (Fsp3) is 0.250. The van der Waals surface area contributed by atoms with Crippen molar-refractivity contribution in [2.45, 2.75) is 24.7 Å². The largest absolute Gasteiger partial charge is 0.494 e. The van der Waals surface area contributed by atoms with Crippen molar-refractivity contribution >= 4 is 20.8 Å². The Morgan fingerprint density at radius 2 is 1.85 bits per heavy atom. The summed E-state index contributed by atoms with van der Waals surface area (Å²) in [4.78, 5) is 4.32. The summed E-state index contributed by atoms with van der Waals surface area (Å²) >= 11 is 0. The predicted octanol–water partition coefficient (Wildman–Crippen LogP) is 3.68. The molecule has 0 aliphatic heterocycles. The number of unbranched alkanes of at least 4 members (excludes halogenated alkanes) is 1. The van der Waals surface area contributed by atoms with Crippen LogP contribution in [0, 0.1) is 6.92 Å². The Morgan fingerprint density at radius 3 is 2.65 bits per heavy atom. The molecule has 0 fully saturated rings. The van der Waals surface area contributed by atoms with Crippen LogP contribution in [0.4, 0.5) is 0 Å². The van der Waals surface area contributed by atoms with Crippen molar-refractivity contribution in [1.29, 1.82) is 0 Å². The first-order chi connectivity index (χ1) is 12.6. The number of nitrogens with zero attached hydrogens (tertiary/aromatic N) is 1. The summed E-state index contributed by atoms with van der Waals surface area (Å²) in [6.45, 7) is 2.97. The summed E-state index contributed by atoms with van der Waals surface area (Å²) in [7, 11) is -3.55. The number of sulfonamides is 1. The molecular formula is C20H22N2O3S. The van der Waals surface area contributed by atoms with Gasteiger partial charge in [0.2, 0.25) is 10.0 Å². The first kappa shape index (κ1) is 18.4. The highest BCUT2D eigenvalue weighted by Gasteiger charge is 2.16. The van der Waals surface area contributed by atoms with E-state index in [4.69, 9.17) is 4.74 Å². The molecule has 136 valence electrons. The number of hydrogen-bond acceptors (Lipinski definition) is 4. The van der Waals surface area contributed by atoms with E-state index in [1.165, 1.54) is 5.56 Å². The topological polar surface area (TPSA) is 68.3 Å². The number of aryl methyl sites for hydroxylation is 1. The van der Waals surface area contributed by atoms with Crippen molar-refractivity contribution < 1.29 is 13.2 Å². The van der Waals surface area contributed by atoms with Crippen molar-refractivity contribution in [3.05, 3.63) is 66.5 Å². The molecular weight excluding hydrogens is 348 g/mol. The smallest absolute Gasteiger partial charge is 0.241 e. The summed E-state index contributed by atoms with van der Waals surface area (Å²) in [5.41, 5.74) is 1.19. The Balaban J connectivity index is 1.50. The van der Waals surface area contributed by atoms with Crippen LogP contribution in [0.1, 0.15) is 18.4 Å². The van der Waals surface area contributed by atoms with E-state index in [0.29, 0.717) is 25.0 Å². The number of rotatable bonds is 8. The van der Waals surface area contributed by atoms with Gasteiger partial charge < -0.3 is 4.74 Å². The van der Waals surface area contributed by atoms with Gasteiger partial charge in [-0.25, -0.2) is 13.1 Å². The maximum absolute atomic E-state index is 12.6. The number of benzene rings is 2. The molecule has 1 N–H and O–H groups in total. The van der Waals surface area contributed by atoms with Crippen LogP contribution in [0.5, 0.6) is 5.75 Å². The molecule has 0 aliphatic rings. The quantitative estimate of drug-likeness (QED) is 0.614. The highest BCUT2D eigenvalue weighted by molar-refractivity contribution is 7.89. The normalized spacial score (nSPS) is 11.6. The lowest BCUT2D eigenvalue weighted by Gasteiger charge is -2.10. The molecule has 0 aliphatic carbocycles. The van der Waals surface area contributed by atoms with Crippen LogP contribution in [0.2, 0.25) is 0 Å². The van der Waals surface area contributed by atoms with Gasteiger partial charge in [-0.05, 0) is 44.0 Å². The zero-order valence-electron chi connectivity index (χ0n) is 14.7. The Bertz CT molecular complexity index is 965.